The first-order valence-electron chi connectivity index (χ1n) is 6.44. The molecule has 7 nitrogen and oxygen atoms in total. The van der Waals surface area contributed by atoms with Crippen molar-refractivity contribution >= 4 is 21.9 Å². The van der Waals surface area contributed by atoms with Crippen molar-refractivity contribution in [2.24, 2.45) is 11.7 Å². The largest absolute Gasteiger partial charge is 0.481 e. The number of hydrogen-bond donors (Lipinski definition) is 3. The molecule has 1 amide bonds. The molecule has 21 heavy (non-hydrogen) atoms. The first-order valence-corrected chi connectivity index (χ1v) is 7.93. The van der Waals surface area contributed by atoms with E-state index in [1.54, 1.807) is 0 Å². The molecule has 4 N–H and O–H groups in total. The average Bonchev–Trinajstić information content (AvgIpc) is 2.87. The van der Waals surface area contributed by atoms with Gasteiger partial charge in [0, 0.05) is 11.6 Å². The quantitative estimate of drug-likeness (QED) is 0.721. The fourth-order valence-corrected chi connectivity index (χ4v) is 3.68. The van der Waals surface area contributed by atoms with Gasteiger partial charge in [-0.15, -0.1) is 0 Å². The molecule has 1 aromatic rings. The second-order valence-corrected chi connectivity index (χ2v) is 6.77. The van der Waals surface area contributed by atoms with Crippen LogP contribution in [0.1, 0.15) is 29.6 Å². The monoisotopic (exact) mass is 312 g/mol. The normalized spacial score (nSPS) is 22.1. The number of nitrogens with one attached hydrogen (secondary N) is 1. The fourth-order valence-electron chi connectivity index (χ4n) is 2.40. The maximum Gasteiger partial charge on any atom is 0.306 e. The van der Waals surface area contributed by atoms with E-state index in [2.05, 4.69) is 4.72 Å². The van der Waals surface area contributed by atoms with Gasteiger partial charge in [-0.3, -0.25) is 9.59 Å². The number of hydrogen-bond acceptors (Lipinski definition) is 4. The van der Waals surface area contributed by atoms with Gasteiger partial charge in [0.05, 0.1) is 10.8 Å². The molecule has 0 saturated heterocycles. The van der Waals surface area contributed by atoms with E-state index in [0.717, 1.165) is 0 Å². The summed E-state index contributed by atoms with van der Waals surface area (Å²) in [6.07, 6.45) is 1.24. The molecule has 0 bridgehead atoms. The van der Waals surface area contributed by atoms with Gasteiger partial charge >= 0.3 is 5.97 Å². The summed E-state index contributed by atoms with van der Waals surface area (Å²) in [6.45, 7) is 0. The Labute approximate surface area is 122 Å². The highest BCUT2D eigenvalue weighted by atomic mass is 32.2. The highest BCUT2D eigenvalue weighted by Crippen LogP contribution is 2.27. The first kappa shape index (κ1) is 15.5. The number of rotatable bonds is 5. The van der Waals surface area contributed by atoms with E-state index in [0.29, 0.717) is 12.8 Å². The van der Waals surface area contributed by atoms with Gasteiger partial charge < -0.3 is 10.8 Å². The van der Waals surface area contributed by atoms with Crippen LogP contribution in [0.15, 0.2) is 29.2 Å². The lowest BCUT2D eigenvalue weighted by Gasteiger charge is -2.13. The third-order valence-electron chi connectivity index (χ3n) is 3.55. The molecule has 0 spiro atoms. The van der Waals surface area contributed by atoms with Gasteiger partial charge in [-0.2, -0.15) is 0 Å². The zero-order valence-corrected chi connectivity index (χ0v) is 12.0. The summed E-state index contributed by atoms with van der Waals surface area (Å²) in [5.41, 5.74) is 5.31. The van der Waals surface area contributed by atoms with Crippen molar-refractivity contribution in [3.8, 4) is 0 Å². The van der Waals surface area contributed by atoms with Gasteiger partial charge in [0.15, 0.2) is 0 Å². The maximum absolute atomic E-state index is 12.2. The number of benzene rings is 1. The molecule has 2 atom stereocenters. The Balaban J connectivity index is 2.08. The van der Waals surface area contributed by atoms with E-state index in [-0.39, 0.29) is 22.9 Å². The smallest absolute Gasteiger partial charge is 0.306 e. The summed E-state index contributed by atoms with van der Waals surface area (Å²) in [7, 11) is -3.73. The number of nitrogens with two attached hydrogens (primary N) is 1. The van der Waals surface area contributed by atoms with Crippen LogP contribution in [0.25, 0.3) is 0 Å². The van der Waals surface area contributed by atoms with Crippen molar-refractivity contribution in [2.45, 2.75) is 30.2 Å². The Kier molecular flexibility index (Phi) is 4.29. The minimum Gasteiger partial charge on any atom is -0.481 e. The van der Waals surface area contributed by atoms with E-state index in [4.69, 9.17) is 10.8 Å². The second kappa shape index (κ2) is 5.82. The SMILES string of the molecule is NC(=O)c1ccc(S(=O)(=O)NC2CCC(C(=O)O)C2)cc1. The topological polar surface area (TPSA) is 127 Å². The number of aliphatic carboxylic acids is 1. The van der Waals surface area contributed by atoms with Crippen molar-refractivity contribution in [3.63, 3.8) is 0 Å². The lowest BCUT2D eigenvalue weighted by atomic mass is 10.1. The van der Waals surface area contributed by atoms with Crippen molar-refractivity contribution in [1.82, 2.24) is 4.72 Å². The number of carboxylic acid groups (broad SMARTS) is 1. The van der Waals surface area contributed by atoms with Crippen LogP contribution >= 0.6 is 0 Å². The number of sulfonamides is 1. The van der Waals surface area contributed by atoms with Crippen LogP contribution < -0.4 is 10.5 Å². The number of carbonyl (C=O) groups excluding carboxylic acids is 1. The number of primary amides is 1. The van der Waals surface area contributed by atoms with Gasteiger partial charge in [0.25, 0.3) is 0 Å². The summed E-state index contributed by atoms with van der Waals surface area (Å²) in [5.74, 6) is -2.04. The summed E-state index contributed by atoms with van der Waals surface area (Å²) in [5, 5.41) is 8.91. The molecule has 2 unspecified atom stereocenters. The molecular weight excluding hydrogens is 296 g/mol. The Morgan fingerprint density at radius 1 is 1.19 bits per heavy atom. The zero-order valence-electron chi connectivity index (χ0n) is 11.2. The van der Waals surface area contributed by atoms with Crippen LogP contribution in [0.4, 0.5) is 0 Å². The molecule has 0 aliphatic heterocycles. The predicted octanol–water partition coefficient (Wildman–Crippen LogP) is 0.317. The predicted molar refractivity (Wildman–Crippen MR) is 74.0 cm³/mol. The Morgan fingerprint density at radius 2 is 1.81 bits per heavy atom. The van der Waals surface area contributed by atoms with E-state index in [1.807, 2.05) is 0 Å². The summed E-state index contributed by atoms with van der Waals surface area (Å²) in [6, 6.07) is 4.89. The molecule has 1 aromatic carbocycles. The highest BCUT2D eigenvalue weighted by Gasteiger charge is 2.32. The van der Waals surface area contributed by atoms with Gasteiger partial charge in [-0.25, -0.2) is 13.1 Å². The average molecular weight is 312 g/mol. The minimum absolute atomic E-state index is 0.0197. The molecule has 8 heteroatoms. The van der Waals surface area contributed by atoms with E-state index in [1.165, 1.54) is 24.3 Å². The molecular formula is C13H16N2O5S. The van der Waals surface area contributed by atoms with Crippen LogP contribution in [0, 0.1) is 5.92 Å². The third kappa shape index (κ3) is 3.59. The Morgan fingerprint density at radius 3 is 2.29 bits per heavy atom. The lowest BCUT2D eigenvalue weighted by Crippen LogP contribution is -2.33. The summed E-state index contributed by atoms with van der Waals surface area (Å²) in [4.78, 5) is 21.8. The van der Waals surface area contributed by atoms with Crippen molar-refractivity contribution in [1.29, 1.82) is 0 Å². The van der Waals surface area contributed by atoms with E-state index < -0.39 is 27.8 Å². The van der Waals surface area contributed by atoms with Gasteiger partial charge in [0.1, 0.15) is 0 Å². The van der Waals surface area contributed by atoms with Gasteiger partial charge in [0.2, 0.25) is 15.9 Å². The number of carboxylic acids is 1. The highest BCUT2D eigenvalue weighted by molar-refractivity contribution is 7.89. The lowest BCUT2D eigenvalue weighted by molar-refractivity contribution is -0.141. The van der Waals surface area contributed by atoms with Gasteiger partial charge in [-0.05, 0) is 43.5 Å². The zero-order chi connectivity index (χ0) is 15.6. The maximum atomic E-state index is 12.2. The molecule has 114 valence electrons. The first-order chi connectivity index (χ1) is 9.79. The van der Waals surface area contributed by atoms with Crippen molar-refractivity contribution in [2.75, 3.05) is 0 Å². The number of amides is 1. The summed E-state index contributed by atoms with van der Waals surface area (Å²) < 4.78 is 26.8. The molecule has 1 saturated carbocycles. The molecule has 0 radical (unpaired) electrons. The third-order valence-corrected chi connectivity index (χ3v) is 5.09. The van der Waals surface area contributed by atoms with Crippen LogP contribution in [0.3, 0.4) is 0 Å². The van der Waals surface area contributed by atoms with Crippen molar-refractivity contribution in [3.05, 3.63) is 29.8 Å². The Bertz CT molecular complexity index is 654. The van der Waals surface area contributed by atoms with Crippen LogP contribution in [0.2, 0.25) is 0 Å². The van der Waals surface area contributed by atoms with Crippen molar-refractivity contribution < 1.29 is 23.1 Å². The molecule has 2 rings (SSSR count). The van der Waals surface area contributed by atoms with Crippen LogP contribution in [-0.2, 0) is 14.8 Å². The molecule has 0 heterocycles. The van der Waals surface area contributed by atoms with E-state index >= 15 is 0 Å². The van der Waals surface area contributed by atoms with E-state index in [9.17, 15) is 18.0 Å². The standard InChI is InChI=1S/C13H16N2O5S/c14-12(16)8-2-5-11(6-3-8)21(19,20)15-10-4-1-9(7-10)13(17)18/h2-3,5-6,9-10,15H,1,4,7H2,(H2,14,16)(H,17,18). The Hall–Kier alpha value is -1.93. The molecule has 0 aromatic heterocycles. The minimum atomic E-state index is -3.73. The number of carbonyl (C=O) groups is 2. The fraction of sp³-hybridized carbons (Fsp3) is 0.385. The van der Waals surface area contributed by atoms with Crippen LogP contribution in [-0.4, -0.2) is 31.4 Å². The second-order valence-electron chi connectivity index (χ2n) is 5.06. The van der Waals surface area contributed by atoms with Gasteiger partial charge in [-0.1, -0.05) is 0 Å². The molecule has 1 fully saturated rings. The van der Waals surface area contributed by atoms with Crippen LogP contribution in [0.5, 0.6) is 0 Å². The molecule has 1 aliphatic carbocycles. The molecule has 1 aliphatic rings. The summed E-state index contributed by atoms with van der Waals surface area (Å²) >= 11 is 0.